The lowest BCUT2D eigenvalue weighted by atomic mass is 9.84. The number of H-pyrrole nitrogens is 1. The van der Waals surface area contributed by atoms with Gasteiger partial charge in [0.2, 0.25) is 5.75 Å². The van der Waals surface area contributed by atoms with Crippen LogP contribution in [-0.4, -0.2) is 44.9 Å². The van der Waals surface area contributed by atoms with Gasteiger partial charge >= 0.3 is 0 Å². The van der Waals surface area contributed by atoms with E-state index in [2.05, 4.69) is 28.1 Å². The van der Waals surface area contributed by atoms with Crippen molar-refractivity contribution in [3.63, 3.8) is 0 Å². The molecule has 0 aliphatic carbocycles. The van der Waals surface area contributed by atoms with Gasteiger partial charge in [-0.3, -0.25) is 4.90 Å². The molecule has 2 aromatic carbocycles. The van der Waals surface area contributed by atoms with E-state index in [1.807, 2.05) is 6.07 Å². The van der Waals surface area contributed by atoms with E-state index < -0.39 is 0 Å². The van der Waals surface area contributed by atoms with Gasteiger partial charge in [0.1, 0.15) is 5.75 Å². The van der Waals surface area contributed by atoms with Crippen LogP contribution in [0.1, 0.15) is 28.4 Å². The number of hydrogen-bond donors (Lipinski definition) is 1. The van der Waals surface area contributed by atoms with Gasteiger partial charge in [0.15, 0.2) is 11.5 Å². The van der Waals surface area contributed by atoms with Crippen molar-refractivity contribution in [2.75, 3.05) is 35.0 Å². The molecule has 2 aliphatic heterocycles. The maximum absolute atomic E-state index is 5.77. The van der Waals surface area contributed by atoms with Crippen molar-refractivity contribution in [1.29, 1.82) is 0 Å². The van der Waals surface area contributed by atoms with Crippen LogP contribution in [0.25, 0.3) is 10.9 Å². The summed E-state index contributed by atoms with van der Waals surface area (Å²) >= 11 is 0. The minimum atomic E-state index is 0.283. The van der Waals surface area contributed by atoms with Crippen molar-refractivity contribution < 1.29 is 18.9 Å². The van der Waals surface area contributed by atoms with Gasteiger partial charge in [-0.05, 0) is 48.2 Å². The zero-order chi connectivity index (χ0) is 20.1. The highest BCUT2D eigenvalue weighted by Crippen LogP contribution is 2.49. The number of nitrogens with one attached hydrogen (secondary N) is 1. The molecule has 0 bridgehead atoms. The minimum Gasteiger partial charge on any atom is -0.497 e. The second kappa shape index (κ2) is 6.88. The maximum atomic E-state index is 5.77. The summed E-state index contributed by atoms with van der Waals surface area (Å²) in [5.74, 6) is 3.08. The third kappa shape index (κ3) is 2.66. The van der Waals surface area contributed by atoms with E-state index in [0.717, 1.165) is 43.2 Å². The second-order valence-electron chi connectivity index (χ2n) is 7.65. The standard InChI is InChI=1S/C23H26N2O4/c1-26-13-5-6-18-15(9-13)16-10-20-17-11-21(27-2)23(29-4)22(28-3)14(17)7-8-25(20)12-19(16)24-18/h5-6,9,11,20,24H,7-8,10,12H2,1-4H3/t20-/m0/s1. The van der Waals surface area contributed by atoms with E-state index in [0.29, 0.717) is 5.75 Å². The highest BCUT2D eigenvalue weighted by atomic mass is 16.5. The molecule has 0 spiro atoms. The van der Waals surface area contributed by atoms with Crippen molar-refractivity contribution in [2.45, 2.75) is 25.4 Å². The molecule has 0 unspecified atom stereocenters. The molecular formula is C23H26N2O4. The molecule has 2 aliphatic rings. The Morgan fingerprint density at radius 1 is 0.931 bits per heavy atom. The van der Waals surface area contributed by atoms with Crippen LogP contribution < -0.4 is 18.9 Å². The topological polar surface area (TPSA) is 56.0 Å². The molecule has 6 nitrogen and oxygen atoms in total. The molecule has 0 radical (unpaired) electrons. The molecule has 29 heavy (non-hydrogen) atoms. The first kappa shape index (κ1) is 18.2. The van der Waals surface area contributed by atoms with Crippen LogP contribution in [0.5, 0.6) is 23.0 Å². The van der Waals surface area contributed by atoms with E-state index >= 15 is 0 Å². The van der Waals surface area contributed by atoms with Crippen LogP contribution in [0.15, 0.2) is 24.3 Å². The molecule has 0 saturated heterocycles. The van der Waals surface area contributed by atoms with Gasteiger partial charge in [0.25, 0.3) is 0 Å². The number of aromatic nitrogens is 1. The number of benzene rings is 2. The van der Waals surface area contributed by atoms with Gasteiger partial charge in [-0.25, -0.2) is 0 Å². The van der Waals surface area contributed by atoms with Crippen molar-refractivity contribution in [3.05, 3.63) is 46.6 Å². The fourth-order valence-corrected chi connectivity index (χ4v) is 5.00. The van der Waals surface area contributed by atoms with E-state index in [4.69, 9.17) is 18.9 Å². The molecule has 152 valence electrons. The molecule has 0 amide bonds. The molecular weight excluding hydrogens is 368 g/mol. The maximum Gasteiger partial charge on any atom is 0.203 e. The van der Waals surface area contributed by atoms with Crippen LogP contribution >= 0.6 is 0 Å². The van der Waals surface area contributed by atoms with Crippen molar-refractivity contribution >= 4 is 10.9 Å². The predicted molar refractivity (Wildman–Crippen MR) is 112 cm³/mol. The number of rotatable bonds is 4. The van der Waals surface area contributed by atoms with Gasteiger partial charge in [-0.2, -0.15) is 0 Å². The van der Waals surface area contributed by atoms with Crippen LogP contribution in [0.3, 0.4) is 0 Å². The third-order valence-electron chi connectivity index (χ3n) is 6.38. The summed E-state index contributed by atoms with van der Waals surface area (Å²) in [7, 11) is 6.75. The predicted octanol–water partition coefficient (Wildman–Crippen LogP) is 3.86. The van der Waals surface area contributed by atoms with Gasteiger partial charge in [0, 0.05) is 41.3 Å². The number of ether oxygens (including phenoxy) is 4. The largest absolute Gasteiger partial charge is 0.497 e. The van der Waals surface area contributed by atoms with E-state index in [-0.39, 0.29) is 6.04 Å². The van der Waals surface area contributed by atoms with E-state index in [9.17, 15) is 0 Å². The molecule has 1 aromatic heterocycles. The summed E-state index contributed by atoms with van der Waals surface area (Å²) in [5.41, 5.74) is 6.35. The zero-order valence-corrected chi connectivity index (χ0v) is 17.3. The Morgan fingerprint density at radius 3 is 2.48 bits per heavy atom. The van der Waals surface area contributed by atoms with Crippen LogP contribution in [-0.2, 0) is 19.4 Å². The first-order valence-corrected chi connectivity index (χ1v) is 9.91. The Bertz CT molecular complexity index is 1090. The van der Waals surface area contributed by atoms with Gasteiger partial charge in [0.05, 0.1) is 28.4 Å². The lowest BCUT2D eigenvalue weighted by Gasteiger charge is -2.41. The monoisotopic (exact) mass is 394 g/mol. The molecule has 3 heterocycles. The number of nitrogens with zero attached hydrogens (tertiary/aromatic N) is 1. The van der Waals surface area contributed by atoms with Crippen molar-refractivity contribution in [2.24, 2.45) is 0 Å². The molecule has 0 saturated carbocycles. The Labute approximate surface area is 170 Å². The molecule has 6 heteroatoms. The fourth-order valence-electron chi connectivity index (χ4n) is 5.00. The summed E-state index contributed by atoms with van der Waals surface area (Å²) in [4.78, 5) is 6.17. The highest BCUT2D eigenvalue weighted by molar-refractivity contribution is 5.86. The normalized spacial score (nSPS) is 18.0. The van der Waals surface area contributed by atoms with Crippen LogP contribution in [0.2, 0.25) is 0 Å². The Balaban J connectivity index is 1.64. The fraction of sp³-hybridized carbons (Fsp3) is 0.391. The Kier molecular flexibility index (Phi) is 4.32. The smallest absolute Gasteiger partial charge is 0.203 e. The van der Waals surface area contributed by atoms with E-state index in [1.54, 1.807) is 28.4 Å². The average Bonchev–Trinajstić information content (AvgIpc) is 3.12. The lowest BCUT2D eigenvalue weighted by molar-refractivity contribution is 0.157. The highest BCUT2D eigenvalue weighted by Gasteiger charge is 2.36. The molecule has 3 aromatic rings. The van der Waals surface area contributed by atoms with Crippen molar-refractivity contribution in [1.82, 2.24) is 9.88 Å². The number of methoxy groups -OCH3 is 4. The molecule has 0 fully saturated rings. The summed E-state index contributed by atoms with van der Waals surface area (Å²) in [5, 5.41) is 1.25. The average molecular weight is 394 g/mol. The number of fused-ring (bicyclic) bond motifs is 6. The molecule has 1 atom stereocenters. The number of aromatic amines is 1. The Morgan fingerprint density at radius 2 is 1.76 bits per heavy atom. The van der Waals surface area contributed by atoms with Crippen LogP contribution in [0.4, 0.5) is 0 Å². The van der Waals surface area contributed by atoms with Gasteiger partial charge < -0.3 is 23.9 Å². The first-order valence-electron chi connectivity index (χ1n) is 9.91. The van der Waals surface area contributed by atoms with Gasteiger partial charge in [-0.1, -0.05) is 0 Å². The number of hydrogen-bond acceptors (Lipinski definition) is 5. The second-order valence-corrected chi connectivity index (χ2v) is 7.65. The summed E-state index contributed by atoms with van der Waals surface area (Å²) in [6, 6.07) is 8.67. The van der Waals surface area contributed by atoms with Gasteiger partial charge in [-0.15, -0.1) is 0 Å². The van der Waals surface area contributed by atoms with Crippen LogP contribution in [0, 0.1) is 0 Å². The third-order valence-corrected chi connectivity index (χ3v) is 6.38. The molecule has 5 rings (SSSR count). The summed E-state index contributed by atoms with van der Waals surface area (Å²) in [6.07, 6.45) is 1.87. The van der Waals surface area contributed by atoms with Crippen molar-refractivity contribution in [3.8, 4) is 23.0 Å². The van der Waals surface area contributed by atoms with E-state index in [1.165, 1.54) is 33.3 Å². The zero-order valence-electron chi connectivity index (χ0n) is 17.3. The summed E-state index contributed by atoms with van der Waals surface area (Å²) in [6.45, 7) is 1.90. The first-order chi connectivity index (χ1) is 14.2. The molecule has 1 N–H and O–H groups in total. The summed E-state index contributed by atoms with van der Waals surface area (Å²) < 4.78 is 22.5. The lowest BCUT2D eigenvalue weighted by Crippen LogP contribution is -2.39. The Hall–Kier alpha value is -2.86. The quantitative estimate of drug-likeness (QED) is 0.728. The SMILES string of the molecule is COc1ccc2[nH]c3c(c2c1)C[C@H]1c2cc(OC)c(OC)c(OC)c2CCN1C3. The minimum absolute atomic E-state index is 0.283.